The summed E-state index contributed by atoms with van der Waals surface area (Å²) < 4.78 is 1.72. The molecule has 6 nitrogen and oxygen atoms in total. The second kappa shape index (κ2) is 7.47. The van der Waals surface area contributed by atoms with Gasteiger partial charge in [-0.2, -0.15) is 0 Å². The van der Waals surface area contributed by atoms with Crippen LogP contribution in [-0.4, -0.2) is 24.6 Å². The van der Waals surface area contributed by atoms with E-state index in [1.54, 1.807) is 23.1 Å². The molecule has 1 saturated carbocycles. The average Bonchev–Trinajstić information content (AvgIpc) is 3.12. The number of fused-ring (bicyclic) bond motifs is 2. The lowest BCUT2D eigenvalue weighted by atomic mass is 10.0. The fourth-order valence-corrected chi connectivity index (χ4v) is 3.35. The maximum atomic E-state index is 5.58. The molecule has 2 N–H and O–H groups in total. The Kier molecular flexibility index (Phi) is 4.73. The Bertz CT molecular complexity index is 1010. The Labute approximate surface area is 152 Å². The molecule has 1 fully saturated rings. The Morgan fingerprint density at radius 2 is 1.50 bits per heavy atom. The third-order valence-corrected chi connectivity index (χ3v) is 4.71. The van der Waals surface area contributed by atoms with Crippen molar-refractivity contribution >= 4 is 22.5 Å². The molecule has 0 aliphatic heterocycles. The van der Waals surface area contributed by atoms with Crippen molar-refractivity contribution in [3.63, 3.8) is 0 Å². The van der Waals surface area contributed by atoms with Crippen LogP contribution < -0.4 is 5.73 Å². The predicted octanol–water partition coefficient (Wildman–Crippen LogP) is 4.26. The first-order chi connectivity index (χ1) is 12.8. The smallest absolute Gasteiger partial charge is 0.238 e. The van der Waals surface area contributed by atoms with Crippen LogP contribution in [0.15, 0.2) is 49.1 Å². The van der Waals surface area contributed by atoms with Gasteiger partial charge in [0.25, 0.3) is 0 Å². The Morgan fingerprint density at radius 1 is 0.808 bits per heavy atom. The molecule has 0 radical (unpaired) electrons. The zero-order valence-corrected chi connectivity index (χ0v) is 14.7. The highest BCUT2D eigenvalue weighted by Crippen LogP contribution is 2.27. The Morgan fingerprint density at radius 3 is 2.23 bits per heavy atom. The van der Waals surface area contributed by atoms with E-state index in [0.29, 0.717) is 0 Å². The first-order valence-electron chi connectivity index (χ1n) is 9.12. The van der Waals surface area contributed by atoms with Crippen molar-refractivity contribution < 1.29 is 0 Å². The van der Waals surface area contributed by atoms with Crippen molar-refractivity contribution in [3.05, 3.63) is 49.1 Å². The number of rotatable bonds is 1. The second-order valence-corrected chi connectivity index (χ2v) is 6.56. The summed E-state index contributed by atoms with van der Waals surface area (Å²) in [5.74, 6) is 0.254. The van der Waals surface area contributed by atoms with Crippen LogP contribution in [0.3, 0.4) is 0 Å². The minimum absolute atomic E-state index is 0.254. The van der Waals surface area contributed by atoms with Crippen LogP contribution in [0.1, 0.15) is 38.5 Å². The number of anilines is 1. The lowest BCUT2D eigenvalue weighted by Crippen LogP contribution is -1.99. The molecule has 3 heterocycles. The zero-order chi connectivity index (χ0) is 17.8. The van der Waals surface area contributed by atoms with E-state index < -0.39 is 0 Å². The van der Waals surface area contributed by atoms with Crippen molar-refractivity contribution in [2.24, 2.45) is 0 Å². The molecule has 4 aromatic rings. The summed E-state index contributed by atoms with van der Waals surface area (Å²) in [7, 11) is 0. The summed E-state index contributed by atoms with van der Waals surface area (Å²) >= 11 is 0. The highest BCUT2D eigenvalue weighted by molar-refractivity contribution is 5.86. The van der Waals surface area contributed by atoms with Crippen LogP contribution in [0.5, 0.6) is 0 Å². The largest absolute Gasteiger partial charge is 0.367 e. The third kappa shape index (κ3) is 3.49. The summed E-state index contributed by atoms with van der Waals surface area (Å²) in [5.41, 5.74) is 10.3. The summed E-state index contributed by atoms with van der Waals surface area (Å²) in [6.45, 7) is 0. The predicted molar refractivity (Wildman–Crippen MR) is 104 cm³/mol. The van der Waals surface area contributed by atoms with Gasteiger partial charge in [-0.3, -0.25) is 9.97 Å². The molecule has 0 spiro atoms. The number of aromatic nitrogens is 5. The second-order valence-electron chi connectivity index (χ2n) is 6.56. The molecule has 5 rings (SSSR count). The van der Waals surface area contributed by atoms with Crippen LogP contribution in [0, 0.1) is 0 Å². The number of nitrogens with two attached hydrogens (primary N) is 1. The molecule has 0 unspecified atom stereocenters. The van der Waals surface area contributed by atoms with E-state index in [1.807, 2.05) is 30.5 Å². The number of nitrogen functional groups attached to an aromatic ring is 1. The average molecular weight is 346 g/mol. The SMILES string of the molecule is C1CCCCC1.Nc1ncc2c(-c3ccc4nccnc4c3)ccn2n1. The first-order valence-corrected chi connectivity index (χ1v) is 9.12. The monoisotopic (exact) mass is 346 g/mol. The molecule has 26 heavy (non-hydrogen) atoms. The molecule has 0 atom stereocenters. The van der Waals surface area contributed by atoms with Gasteiger partial charge in [-0.1, -0.05) is 44.6 Å². The lowest BCUT2D eigenvalue weighted by Gasteiger charge is -2.05. The zero-order valence-electron chi connectivity index (χ0n) is 14.7. The van der Waals surface area contributed by atoms with Gasteiger partial charge in [-0.25, -0.2) is 9.50 Å². The van der Waals surface area contributed by atoms with Gasteiger partial charge in [0.1, 0.15) is 0 Å². The molecule has 3 aromatic heterocycles. The quantitative estimate of drug-likeness (QED) is 0.557. The molecule has 0 saturated heterocycles. The fraction of sp³-hybridized carbons (Fsp3) is 0.300. The van der Waals surface area contributed by atoms with E-state index in [2.05, 4.69) is 20.1 Å². The van der Waals surface area contributed by atoms with E-state index in [9.17, 15) is 0 Å². The van der Waals surface area contributed by atoms with E-state index in [4.69, 9.17) is 5.73 Å². The fourth-order valence-electron chi connectivity index (χ4n) is 3.35. The first kappa shape index (κ1) is 16.4. The van der Waals surface area contributed by atoms with Crippen molar-refractivity contribution in [2.45, 2.75) is 38.5 Å². The van der Waals surface area contributed by atoms with Gasteiger partial charge in [0.15, 0.2) is 0 Å². The Hall–Kier alpha value is -3.02. The third-order valence-electron chi connectivity index (χ3n) is 4.71. The van der Waals surface area contributed by atoms with Gasteiger partial charge in [0.2, 0.25) is 5.95 Å². The number of nitrogens with zero attached hydrogens (tertiary/aromatic N) is 5. The summed E-state index contributed by atoms with van der Waals surface area (Å²) in [5, 5.41) is 4.14. The molecule has 1 aromatic carbocycles. The van der Waals surface area contributed by atoms with Gasteiger partial charge < -0.3 is 5.73 Å². The normalized spacial score (nSPS) is 14.2. The molecule has 6 heteroatoms. The maximum Gasteiger partial charge on any atom is 0.238 e. The van der Waals surface area contributed by atoms with Crippen molar-refractivity contribution in [1.82, 2.24) is 24.6 Å². The van der Waals surface area contributed by atoms with E-state index in [1.165, 1.54) is 38.5 Å². The van der Waals surface area contributed by atoms with Crippen LogP contribution in [0.4, 0.5) is 5.95 Å². The Balaban J connectivity index is 0.000000240. The van der Waals surface area contributed by atoms with E-state index >= 15 is 0 Å². The molecular weight excluding hydrogens is 324 g/mol. The van der Waals surface area contributed by atoms with Crippen LogP contribution >= 0.6 is 0 Å². The molecule has 1 aliphatic rings. The van der Waals surface area contributed by atoms with Gasteiger partial charge in [-0.15, -0.1) is 5.10 Å². The highest BCUT2D eigenvalue weighted by Gasteiger charge is 2.08. The highest BCUT2D eigenvalue weighted by atomic mass is 15.3. The topological polar surface area (TPSA) is 82.0 Å². The van der Waals surface area contributed by atoms with Crippen LogP contribution in [0.25, 0.3) is 27.7 Å². The maximum absolute atomic E-state index is 5.58. The van der Waals surface area contributed by atoms with Gasteiger partial charge >= 0.3 is 0 Å². The molecular formula is C20H22N6. The molecule has 0 amide bonds. The van der Waals surface area contributed by atoms with Crippen molar-refractivity contribution in [3.8, 4) is 11.1 Å². The summed E-state index contributed by atoms with van der Waals surface area (Å²) in [6.07, 6.45) is 16.0. The number of benzene rings is 1. The summed E-state index contributed by atoms with van der Waals surface area (Å²) in [4.78, 5) is 12.6. The number of hydrogen-bond donors (Lipinski definition) is 1. The molecule has 132 valence electrons. The van der Waals surface area contributed by atoms with Crippen molar-refractivity contribution in [1.29, 1.82) is 0 Å². The minimum atomic E-state index is 0.254. The standard InChI is InChI=1S/C14H10N6.C6H12/c15-14-18-8-13-10(3-6-20(13)19-14)9-1-2-11-12(7-9)17-5-4-16-11;1-2-4-6-5-3-1/h1-8H,(H2,15,19);1-6H2. The molecule has 0 bridgehead atoms. The van der Waals surface area contributed by atoms with Crippen molar-refractivity contribution in [2.75, 3.05) is 5.73 Å². The van der Waals surface area contributed by atoms with Crippen LogP contribution in [-0.2, 0) is 0 Å². The van der Waals surface area contributed by atoms with Crippen LogP contribution in [0.2, 0.25) is 0 Å². The van der Waals surface area contributed by atoms with E-state index in [0.717, 1.165) is 27.7 Å². The lowest BCUT2D eigenvalue weighted by molar-refractivity contribution is 0.504. The van der Waals surface area contributed by atoms with E-state index in [-0.39, 0.29) is 5.95 Å². The van der Waals surface area contributed by atoms with Gasteiger partial charge in [0, 0.05) is 24.2 Å². The minimum Gasteiger partial charge on any atom is -0.367 e. The molecule has 1 aliphatic carbocycles. The summed E-state index contributed by atoms with van der Waals surface area (Å²) in [6, 6.07) is 7.97. The van der Waals surface area contributed by atoms with Gasteiger partial charge in [-0.05, 0) is 23.8 Å². The van der Waals surface area contributed by atoms with Gasteiger partial charge in [0.05, 0.1) is 22.7 Å². The number of hydrogen-bond acceptors (Lipinski definition) is 5.